The van der Waals surface area contributed by atoms with Crippen LogP contribution in [0.4, 0.5) is 0 Å². The Morgan fingerprint density at radius 1 is 1.60 bits per heavy atom. The molecule has 1 aromatic rings. The zero-order valence-electron chi connectivity index (χ0n) is 6.04. The molecule has 0 N–H and O–H groups in total. The first-order chi connectivity index (χ1) is 4.88. The fourth-order valence-corrected chi connectivity index (χ4v) is 1.50. The normalized spacial score (nSPS) is 22.7. The van der Waals surface area contributed by atoms with Gasteiger partial charge in [-0.3, -0.25) is 0 Å². The first-order valence-corrected chi connectivity index (χ1v) is 3.68. The fourth-order valence-electron chi connectivity index (χ4n) is 1.50. The average molecular weight is 134 g/mol. The number of rotatable bonds is 0. The topological polar surface area (TPSA) is 25.8 Å². The zero-order valence-corrected chi connectivity index (χ0v) is 6.04. The third-order valence-corrected chi connectivity index (χ3v) is 2.15. The van der Waals surface area contributed by atoms with E-state index in [9.17, 15) is 0 Å². The van der Waals surface area contributed by atoms with E-state index in [-0.39, 0.29) is 0 Å². The van der Waals surface area contributed by atoms with E-state index in [2.05, 4.69) is 23.2 Å². The molecular formula is C8H10N2. The molecule has 1 aliphatic rings. The van der Waals surface area contributed by atoms with Crippen molar-refractivity contribution in [2.75, 3.05) is 0 Å². The second kappa shape index (κ2) is 2.04. The number of aryl methyl sites for hydroxylation is 1. The summed E-state index contributed by atoms with van der Waals surface area (Å²) < 4.78 is 0. The molecule has 0 radical (unpaired) electrons. The highest BCUT2D eigenvalue weighted by molar-refractivity contribution is 5.25. The van der Waals surface area contributed by atoms with Gasteiger partial charge in [0.2, 0.25) is 0 Å². The van der Waals surface area contributed by atoms with Crippen molar-refractivity contribution in [2.24, 2.45) is 0 Å². The molecular weight excluding hydrogens is 124 g/mol. The molecule has 2 rings (SSSR count). The molecule has 0 saturated heterocycles. The monoisotopic (exact) mass is 134 g/mol. The lowest BCUT2D eigenvalue weighted by Gasteiger charge is -1.98. The summed E-state index contributed by atoms with van der Waals surface area (Å²) in [6.07, 6.45) is 4.21. The highest BCUT2D eigenvalue weighted by atomic mass is 15.1. The summed E-state index contributed by atoms with van der Waals surface area (Å²) in [4.78, 5) is 0. The quantitative estimate of drug-likeness (QED) is 0.537. The van der Waals surface area contributed by atoms with Crippen LogP contribution in [0.5, 0.6) is 0 Å². The van der Waals surface area contributed by atoms with Gasteiger partial charge in [0, 0.05) is 12.1 Å². The Morgan fingerprint density at radius 2 is 2.50 bits per heavy atom. The molecule has 2 heteroatoms. The summed E-state index contributed by atoms with van der Waals surface area (Å²) in [6, 6.07) is 2.08. The van der Waals surface area contributed by atoms with E-state index in [1.165, 1.54) is 24.1 Å². The van der Waals surface area contributed by atoms with Crippen LogP contribution < -0.4 is 0 Å². The van der Waals surface area contributed by atoms with Gasteiger partial charge in [-0.2, -0.15) is 10.2 Å². The van der Waals surface area contributed by atoms with Gasteiger partial charge in [-0.15, -0.1) is 0 Å². The Hall–Kier alpha value is -0.920. The highest BCUT2D eigenvalue weighted by Gasteiger charge is 2.19. The van der Waals surface area contributed by atoms with Crippen LogP contribution in [-0.2, 0) is 6.42 Å². The SMILES string of the molecule is C[C@H]1CCc2ccnnc21. The molecule has 1 heterocycles. The van der Waals surface area contributed by atoms with Crippen LogP contribution in [0.25, 0.3) is 0 Å². The minimum absolute atomic E-state index is 0.628. The Bertz CT molecular complexity index is 245. The Labute approximate surface area is 60.3 Å². The van der Waals surface area contributed by atoms with Crippen molar-refractivity contribution >= 4 is 0 Å². The third kappa shape index (κ3) is 0.719. The predicted octanol–water partition coefficient (Wildman–Crippen LogP) is 1.53. The molecule has 0 spiro atoms. The Kier molecular flexibility index (Phi) is 1.19. The zero-order chi connectivity index (χ0) is 6.97. The average Bonchev–Trinajstić information content (AvgIpc) is 2.34. The second-order valence-electron chi connectivity index (χ2n) is 2.88. The van der Waals surface area contributed by atoms with E-state index >= 15 is 0 Å². The lowest BCUT2D eigenvalue weighted by Crippen LogP contribution is -1.92. The van der Waals surface area contributed by atoms with Crippen LogP contribution in [0, 0.1) is 0 Å². The second-order valence-corrected chi connectivity index (χ2v) is 2.88. The van der Waals surface area contributed by atoms with Gasteiger partial charge in [0.25, 0.3) is 0 Å². The molecule has 0 unspecified atom stereocenters. The molecule has 52 valence electrons. The summed E-state index contributed by atoms with van der Waals surface area (Å²) in [7, 11) is 0. The van der Waals surface area contributed by atoms with Crippen LogP contribution in [0.1, 0.15) is 30.5 Å². The van der Waals surface area contributed by atoms with Crippen LogP contribution in [0.15, 0.2) is 12.3 Å². The van der Waals surface area contributed by atoms with Gasteiger partial charge >= 0.3 is 0 Å². The minimum Gasteiger partial charge on any atom is -0.159 e. The number of aromatic nitrogens is 2. The largest absolute Gasteiger partial charge is 0.159 e. The lowest BCUT2D eigenvalue weighted by atomic mass is 10.1. The van der Waals surface area contributed by atoms with Crippen molar-refractivity contribution in [3.05, 3.63) is 23.5 Å². The smallest absolute Gasteiger partial charge is 0.0691 e. The Balaban J connectivity index is 2.51. The van der Waals surface area contributed by atoms with Gasteiger partial charge in [0.05, 0.1) is 5.69 Å². The van der Waals surface area contributed by atoms with Crippen LogP contribution in [-0.4, -0.2) is 10.2 Å². The van der Waals surface area contributed by atoms with Crippen LogP contribution in [0.2, 0.25) is 0 Å². The number of hydrogen-bond donors (Lipinski definition) is 0. The summed E-state index contributed by atoms with van der Waals surface area (Å²) in [5, 5.41) is 7.95. The van der Waals surface area contributed by atoms with Gasteiger partial charge in [0.15, 0.2) is 0 Å². The standard InChI is InChI=1S/C8H10N2/c1-6-2-3-7-4-5-9-10-8(6)7/h4-6H,2-3H2,1H3/t6-/m0/s1. The van der Waals surface area contributed by atoms with Crippen LogP contribution >= 0.6 is 0 Å². The molecule has 1 atom stereocenters. The lowest BCUT2D eigenvalue weighted by molar-refractivity contribution is 0.719. The highest BCUT2D eigenvalue weighted by Crippen LogP contribution is 2.29. The van der Waals surface area contributed by atoms with Gasteiger partial charge in [-0.25, -0.2) is 0 Å². The minimum atomic E-state index is 0.628. The first-order valence-electron chi connectivity index (χ1n) is 3.68. The third-order valence-electron chi connectivity index (χ3n) is 2.15. The Morgan fingerprint density at radius 3 is 3.30 bits per heavy atom. The summed E-state index contributed by atoms with van der Waals surface area (Å²) in [5.41, 5.74) is 2.60. The van der Waals surface area contributed by atoms with Crippen molar-refractivity contribution < 1.29 is 0 Å². The number of fused-ring (bicyclic) bond motifs is 1. The molecule has 0 aliphatic heterocycles. The van der Waals surface area contributed by atoms with E-state index in [1.54, 1.807) is 6.20 Å². The van der Waals surface area contributed by atoms with E-state index in [0.717, 1.165) is 0 Å². The fraction of sp³-hybridized carbons (Fsp3) is 0.500. The maximum Gasteiger partial charge on any atom is 0.0691 e. The van der Waals surface area contributed by atoms with Crippen molar-refractivity contribution in [1.29, 1.82) is 0 Å². The van der Waals surface area contributed by atoms with E-state index in [0.29, 0.717) is 5.92 Å². The van der Waals surface area contributed by atoms with Crippen LogP contribution in [0.3, 0.4) is 0 Å². The van der Waals surface area contributed by atoms with E-state index < -0.39 is 0 Å². The molecule has 0 bridgehead atoms. The van der Waals surface area contributed by atoms with Gasteiger partial charge in [-0.1, -0.05) is 6.92 Å². The molecule has 0 aromatic carbocycles. The van der Waals surface area contributed by atoms with Crippen molar-refractivity contribution in [2.45, 2.75) is 25.7 Å². The van der Waals surface area contributed by atoms with E-state index in [4.69, 9.17) is 0 Å². The molecule has 0 fully saturated rings. The van der Waals surface area contributed by atoms with Gasteiger partial charge < -0.3 is 0 Å². The van der Waals surface area contributed by atoms with Crippen molar-refractivity contribution in [3.8, 4) is 0 Å². The number of hydrogen-bond acceptors (Lipinski definition) is 2. The predicted molar refractivity (Wildman–Crippen MR) is 38.8 cm³/mol. The maximum absolute atomic E-state index is 4.09. The number of nitrogens with zero attached hydrogens (tertiary/aromatic N) is 2. The molecule has 10 heavy (non-hydrogen) atoms. The van der Waals surface area contributed by atoms with Crippen molar-refractivity contribution in [1.82, 2.24) is 10.2 Å². The molecule has 0 amide bonds. The summed E-state index contributed by atoms with van der Waals surface area (Å²) >= 11 is 0. The van der Waals surface area contributed by atoms with E-state index in [1.807, 2.05) is 0 Å². The van der Waals surface area contributed by atoms with Gasteiger partial charge in [-0.05, 0) is 24.5 Å². The molecule has 2 nitrogen and oxygen atoms in total. The molecule has 1 aromatic heterocycles. The van der Waals surface area contributed by atoms with Gasteiger partial charge in [0.1, 0.15) is 0 Å². The molecule has 0 saturated carbocycles. The maximum atomic E-state index is 4.09. The molecule has 1 aliphatic carbocycles. The summed E-state index contributed by atoms with van der Waals surface area (Å²) in [6.45, 7) is 2.21. The summed E-state index contributed by atoms with van der Waals surface area (Å²) in [5.74, 6) is 0.628. The van der Waals surface area contributed by atoms with Crippen molar-refractivity contribution in [3.63, 3.8) is 0 Å². The first kappa shape index (κ1) is 5.83.